The third-order valence-corrected chi connectivity index (χ3v) is 3.97. The van der Waals surface area contributed by atoms with Gasteiger partial charge in [0, 0.05) is 19.2 Å². The first kappa shape index (κ1) is 18.8. The third kappa shape index (κ3) is 5.80. The van der Waals surface area contributed by atoms with Gasteiger partial charge in [-0.25, -0.2) is 9.86 Å². The number of urea groups is 1. The molecule has 134 valence electrons. The molecule has 2 aromatic rings. The molecule has 0 heterocycles. The highest BCUT2D eigenvalue weighted by molar-refractivity contribution is 5.88. The maximum atomic E-state index is 11.7. The molecule has 0 aliphatic heterocycles. The summed E-state index contributed by atoms with van der Waals surface area (Å²) >= 11 is 0. The van der Waals surface area contributed by atoms with Gasteiger partial charge >= 0.3 is 6.03 Å². The van der Waals surface area contributed by atoms with Crippen LogP contribution >= 0.6 is 0 Å². The second kappa shape index (κ2) is 9.08. The Hall–Kier alpha value is -2.53. The zero-order chi connectivity index (χ0) is 18.2. The Kier molecular flexibility index (Phi) is 6.83. The first-order chi connectivity index (χ1) is 12.0. The first-order valence-electron chi connectivity index (χ1n) is 8.40. The van der Waals surface area contributed by atoms with Gasteiger partial charge in [0.25, 0.3) is 0 Å². The summed E-state index contributed by atoms with van der Waals surface area (Å²) in [7, 11) is 2.98. The molecule has 0 fully saturated rings. The summed E-state index contributed by atoms with van der Waals surface area (Å²) in [5, 5.41) is 3.84. The van der Waals surface area contributed by atoms with Crippen LogP contribution in [0.25, 0.3) is 0 Å². The lowest BCUT2D eigenvalue weighted by atomic mass is 10.0. The van der Waals surface area contributed by atoms with Crippen LogP contribution in [0.5, 0.6) is 5.75 Å². The van der Waals surface area contributed by atoms with E-state index in [1.54, 1.807) is 19.2 Å². The van der Waals surface area contributed by atoms with Crippen LogP contribution in [0.3, 0.4) is 0 Å². The molecule has 0 spiro atoms. The Bertz CT molecular complexity index is 666. The van der Waals surface area contributed by atoms with Crippen LogP contribution < -0.4 is 10.1 Å². The van der Waals surface area contributed by atoms with Crippen molar-refractivity contribution in [2.45, 2.75) is 26.2 Å². The summed E-state index contributed by atoms with van der Waals surface area (Å²) in [6.45, 7) is 4.99. The standard InChI is InChI=1S/C20H26N2O3/c1-15(2)17-7-5-16(6-8-17)13-14-25-19-11-9-18(10-12-19)21-20(23)22(3)24-4/h5-12,15H,13-14H2,1-4H3,(H,21,23). The predicted octanol–water partition coefficient (Wildman–Crippen LogP) is 4.46. The lowest BCUT2D eigenvalue weighted by Gasteiger charge is -2.14. The molecule has 0 aliphatic rings. The predicted molar refractivity (Wildman–Crippen MR) is 100.0 cm³/mol. The van der Waals surface area contributed by atoms with E-state index in [-0.39, 0.29) is 6.03 Å². The average Bonchev–Trinajstić information content (AvgIpc) is 2.62. The minimum absolute atomic E-state index is 0.332. The van der Waals surface area contributed by atoms with Crippen molar-refractivity contribution in [3.8, 4) is 5.75 Å². The van der Waals surface area contributed by atoms with E-state index in [0.717, 1.165) is 17.2 Å². The number of carbonyl (C=O) groups excluding carboxylic acids is 1. The molecule has 5 nitrogen and oxygen atoms in total. The number of hydrogen-bond donors (Lipinski definition) is 1. The Morgan fingerprint density at radius 3 is 2.28 bits per heavy atom. The summed E-state index contributed by atoms with van der Waals surface area (Å²) in [6.07, 6.45) is 0.857. The third-order valence-electron chi connectivity index (χ3n) is 3.97. The summed E-state index contributed by atoms with van der Waals surface area (Å²) in [6, 6.07) is 15.6. The normalized spacial score (nSPS) is 10.6. The van der Waals surface area contributed by atoms with E-state index in [0.29, 0.717) is 18.2 Å². The second-order valence-corrected chi connectivity index (χ2v) is 6.13. The fourth-order valence-electron chi connectivity index (χ4n) is 2.28. The van der Waals surface area contributed by atoms with Crippen LogP contribution in [-0.2, 0) is 11.3 Å². The Morgan fingerprint density at radius 2 is 1.72 bits per heavy atom. The van der Waals surface area contributed by atoms with E-state index in [1.807, 2.05) is 12.1 Å². The van der Waals surface area contributed by atoms with E-state index in [1.165, 1.54) is 18.2 Å². The molecule has 0 radical (unpaired) electrons. The topological polar surface area (TPSA) is 50.8 Å². The zero-order valence-electron chi connectivity index (χ0n) is 15.3. The van der Waals surface area contributed by atoms with E-state index in [9.17, 15) is 4.79 Å². The van der Waals surface area contributed by atoms with Crippen molar-refractivity contribution < 1.29 is 14.4 Å². The number of benzene rings is 2. The highest BCUT2D eigenvalue weighted by Crippen LogP contribution is 2.17. The smallest absolute Gasteiger partial charge is 0.345 e. The number of rotatable bonds is 7. The van der Waals surface area contributed by atoms with Gasteiger partial charge in [-0.2, -0.15) is 0 Å². The lowest BCUT2D eigenvalue weighted by Crippen LogP contribution is -2.30. The Balaban J connectivity index is 1.80. The van der Waals surface area contributed by atoms with Crippen molar-refractivity contribution in [2.75, 3.05) is 26.1 Å². The van der Waals surface area contributed by atoms with Crippen LogP contribution in [0.4, 0.5) is 10.5 Å². The maximum Gasteiger partial charge on any atom is 0.345 e. The number of nitrogens with zero attached hydrogens (tertiary/aromatic N) is 1. The van der Waals surface area contributed by atoms with Crippen LogP contribution in [0.1, 0.15) is 30.9 Å². The molecular formula is C20H26N2O3. The van der Waals surface area contributed by atoms with Crippen molar-refractivity contribution in [1.29, 1.82) is 0 Å². The number of carbonyl (C=O) groups is 1. The van der Waals surface area contributed by atoms with Crippen molar-refractivity contribution in [3.63, 3.8) is 0 Å². The second-order valence-electron chi connectivity index (χ2n) is 6.13. The van der Waals surface area contributed by atoms with Gasteiger partial charge in [-0.15, -0.1) is 0 Å². The molecule has 0 bridgehead atoms. The van der Waals surface area contributed by atoms with Crippen molar-refractivity contribution in [1.82, 2.24) is 5.06 Å². The van der Waals surface area contributed by atoms with Crippen molar-refractivity contribution in [3.05, 3.63) is 59.7 Å². The fourth-order valence-corrected chi connectivity index (χ4v) is 2.28. The Labute approximate surface area is 149 Å². The molecule has 25 heavy (non-hydrogen) atoms. The number of hydrogen-bond acceptors (Lipinski definition) is 3. The molecule has 0 saturated carbocycles. The lowest BCUT2D eigenvalue weighted by molar-refractivity contribution is -0.0598. The summed E-state index contributed by atoms with van der Waals surface area (Å²) in [5.41, 5.74) is 3.29. The zero-order valence-corrected chi connectivity index (χ0v) is 15.3. The number of hydroxylamine groups is 2. The largest absolute Gasteiger partial charge is 0.493 e. The van der Waals surface area contributed by atoms with Crippen molar-refractivity contribution in [2.24, 2.45) is 0 Å². The van der Waals surface area contributed by atoms with Crippen LogP contribution in [0.15, 0.2) is 48.5 Å². The quantitative estimate of drug-likeness (QED) is 0.756. The van der Waals surface area contributed by atoms with Gasteiger partial charge in [0.1, 0.15) is 5.75 Å². The molecule has 1 N–H and O–H groups in total. The molecule has 0 saturated heterocycles. The summed E-state index contributed by atoms with van der Waals surface area (Å²) in [5.74, 6) is 1.32. The van der Waals surface area contributed by atoms with E-state index >= 15 is 0 Å². The molecule has 2 rings (SSSR count). The Morgan fingerprint density at radius 1 is 1.08 bits per heavy atom. The molecule has 5 heteroatoms. The molecule has 0 aromatic heterocycles. The van der Waals surface area contributed by atoms with Gasteiger partial charge in [0.2, 0.25) is 0 Å². The van der Waals surface area contributed by atoms with E-state index < -0.39 is 0 Å². The monoisotopic (exact) mass is 342 g/mol. The molecule has 0 atom stereocenters. The maximum absolute atomic E-state index is 11.7. The van der Waals surface area contributed by atoms with Crippen LogP contribution in [0.2, 0.25) is 0 Å². The first-order valence-corrected chi connectivity index (χ1v) is 8.40. The highest BCUT2D eigenvalue weighted by Gasteiger charge is 2.07. The average molecular weight is 342 g/mol. The van der Waals surface area contributed by atoms with E-state index in [2.05, 4.69) is 43.4 Å². The van der Waals surface area contributed by atoms with E-state index in [4.69, 9.17) is 9.57 Å². The SMILES string of the molecule is CON(C)C(=O)Nc1ccc(OCCc2ccc(C(C)C)cc2)cc1. The van der Waals surface area contributed by atoms with Gasteiger partial charge in [-0.1, -0.05) is 38.1 Å². The fraction of sp³-hybridized carbons (Fsp3) is 0.350. The number of ether oxygens (including phenoxy) is 1. The number of anilines is 1. The van der Waals surface area contributed by atoms with Gasteiger partial charge in [0.05, 0.1) is 13.7 Å². The minimum atomic E-state index is -0.332. The molecular weight excluding hydrogens is 316 g/mol. The van der Waals surface area contributed by atoms with Gasteiger partial charge in [0.15, 0.2) is 0 Å². The number of nitrogens with one attached hydrogen (secondary N) is 1. The highest BCUT2D eigenvalue weighted by atomic mass is 16.7. The molecule has 2 aromatic carbocycles. The molecule has 0 unspecified atom stereocenters. The van der Waals surface area contributed by atoms with Gasteiger partial charge in [-0.3, -0.25) is 4.84 Å². The summed E-state index contributed by atoms with van der Waals surface area (Å²) in [4.78, 5) is 16.5. The van der Waals surface area contributed by atoms with Crippen LogP contribution in [-0.4, -0.2) is 31.9 Å². The van der Waals surface area contributed by atoms with Crippen molar-refractivity contribution >= 4 is 11.7 Å². The summed E-state index contributed by atoms with van der Waals surface area (Å²) < 4.78 is 5.77. The number of amides is 2. The molecule has 0 aliphatic carbocycles. The van der Waals surface area contributed by atoms with Gasteiger partial charge in [-0.05, 0) is 41.3 Å². The molecule has 2 amide bonds. The minimum Gasteiger partial charge on any atom is -0.493 e. The van der Waals surface area contributed by atoms with Crippen LogP contribution in [0, 0.1) is 0 Å². The van der Waals surface area contributed by atoms with Gasteiger partial charge < -0.3 is 10.1 Å².